The molecule has 0 atom stereocenters. The zero-order chi connectivity index (χ0) is 9.98. The van der Waals surface area contributed by atoms with Gasteiger partial charge in [-0.3, -0.25) is 4.79 Å². The Kier molecular flexibility index (Phi) is 9.99. The summed E-state index contributed by atoms with van der Waals surface area (Å²) >= 11 is 0. The molecule has 0 radical (unpaired) electrons. The third-order valence-corrected chi connectivity index (χ3v) is 0.446. The molecule has 0 saturated heterocycles. The van der Waals surface area contributed by atoms with E-state index in [4.69, 9.17) is 11.5 Å². The second-order valence-electron chi connectivity index (χ2n) is 1.47. The number of guanidine groups is 1. The molecule has 0 fully saturated rings. The van der Waals surface area contributed by atoms with E-state index < -0.39 is 0 Å². The van der Waals surface area contributed by atoms with E-state index in [0.29, 0.717) is 0 Å². The van der Waals surface area contributed by atoms with Gasteiger partial charge in [0.1, 0.15) is 7.11 Å². The second kappa shape index (κ2) is 9.28. The minimum Gasteiger partial charge on any atom is -0.435 e. The van der Waals surface area contributed by atoms with Crippen LogP contribution in [0.1, 0.15) is 6.92 Å². The summed E-state index contributed by atoms with van der Waals surface area (Å²) in [6.45, 7) is 4.48. The van der Waals surface area contributed by atoms with Gasteiger partial charge in [-0.2, -0.15) is 0 Å². The molecule has 0 aromatic rings. The van der Waals surface area contributed by atoms with Crippen molar-refractivity contribution >= 4 is 11.9 Å². The molecule has 0 amide bonds. The van der Waals surface area contributed by atoms with Crippen molar-refractivity contribution in [1.29, 1.82) is 0 Å². The van der Waals surface area contributed by atoms with Crippen LogP contribution in [-0.4, -0.2) is 19.0 Å². The lowest BCUT2D eigenvalue weighted by atomic mass is 10.8. The molecule has 0 heterocycles. The first-order valence-corrected chi connectivity index (χ1v) is 2.94. The summed E-state index contributed by atoms with van der Waals surface area (Å²) in [6.07, 6.45) is 1.10. The lowest BCUT2D eigenvalue weighted by Crippen LogP contribution is -2.22. The van der Waals surface area contributed by atoms with Crippen molar-refractivity contribution in [3.05, 3.63) is 12.8 Å². The fourth-order valence-electron chi connectivity index (χ4n) is 0.223. The van der Waals surface area contributed by atoms with E-state index >= 15 is 0 Å². The summed E-state index contributed by atoms with van der Waals surface area (Å²) in [5.74, 6) is -0.387. The van der Waals surface area contributed by atoms with E-state index in [1.807, 2.05) is 0 Å². The van der Waals surface area contributed by atoms with Crippen LogP contribution < -0.4 is 11.5 Å². The highest BCUT2D eigenvalue weighted by Gasteiger charge is 1.79. The van der Waals surface area contributed by atoms with Crippen LogP contribution in [0.25, 0.3) is 0 Å². The maximum absolute atomic E-state index is 9.75. The number of hydrogen-bond donors (Lipinski definition) is 2. The number of carbonyl (C=O) groups is 1. The molecule has 6 heteroatoms. The Bertz CT molecular complexity index is 163. The minimum atomic E-state index is -0.329. The van der Waals surface area contributed by atoms with E-state index in [1.165, 1.54) is 14.0 Å². The largest absolute Gasteiger partial charge is 0.435 e. The van der Waals surface area contributed by atoms with Crippen molar-refractivity contribution < 1.29 is 14.4 Å². The van der Waals surface area contributed by atoms with E-state index in [-0.39, 0.29) is 11.9 Å². The van der Waals surface area contributed by atoms with Gasteiger partial charge in [-0.1, -0.05) is 6.58 Å². The molecule has 4 N–H and O–H groups in total. The number of oxime groups is 1. The molecule has 70 valence electrons. The van der Waals surface area contributed by atoms with E-state index in [9.17, 15) is 4.79 Å². The molecule has 0 aromatic heterocycles. The zero-order valence-electron chi connectivity index (χ0n) is 7.11. The first-order chi connectivity index (χ1) is 5.54. The van der Waals surface area contributed by atoms with Gasteiger partial charge in [-0.05, 0) is 5.16 Å². The number of carbonyl (C=O) groups excluding carboxylic acids is 1. The van der Waals surface area contributed by atoms with Crippen molar-refractivity contribution in [2.75, 3.05) is 7.11 Å². The average molecular weight is 175 g/mol. The van der Waals surface area contributed by atoms with Crippen molar-refractivity contribution in [2.24, 2.45) is 16.6 Å². The van der Waals surface area contributed by atoms with Crippen molar-refractivity contribution in [1.82, 2.24) is 0 Å². The first-order valence-electron chi connectivity index (χ1n) is 2.94. The molecule has 0 bridgehead atoms. The number of ether oxygens (including phenoxy) is 1. The van der Waals surface area contributed by atoms with Gasteiger partial charge in [0, 0.05) is 6.92 Å². The van der Waals surface area contributed by atoms with Crippen LogP contribution in [0.4, 0.5) is 0 Å². The molecular weight excluding hydrogens is 162 g/mol. The third-order valence-electron chi connectivity index (χ3n) is 0.446. The summed E-state index contributed by atoms with van der Waals surface area (Å²) in [5, 5.41) is 3.10. The van der Waals surface area contributed by atoms with Gasteiger partial charge in [-0.15, -0.1) is 0 Å². The highest BCUT2D eigenvalue weighted by Crippen LogP contribution is 1.70. The maximum Gasteiger partial charge on any atom is 0.307 e. The van der Waals surface area contributed by atoms with Crippen molar-refractivity contribution in [3.8, 4) is 0 Å². The Labute approximate surface area is 70.8 Å². The first kappa shape index (κ1) is 12.9. The van der Waals surface area contributed by atoms with Crippen molar-refractivity contribution in [3.63, 3.8) is 0 Å². The summed E-state index contributed by atoms with van der Waals surface area (Å²) in [6, 6.07) is 0. The Morgan fingerprint density at radius 3 is 2.08 bits per heavy atom. The van der Waals surface area contributed by atoms with Crippen LogP contribution in [0.15, 0.2) is 18.0 Å². The Hall–Kier alpha value is -1.72. The third kappa shape index (κ3) is 24.0. The molecule has 0 aliphatic rings. The number of hydrogen-bond acceptors (Lipinski definition) is 4. The Morgan fingerprint density at radius 1 is 1.58 bits per heavy atom. The van der Waals surface area contributed by atoms with Gasteiger partial charge in [0.15, 0.2) is 0 Å². The Balaban J connectivity index is 0. The van der Waals surface area contributed by atoms with Gasteiger partial charge >= 0.3 is 5.97 Å². The van der Waals surface area contributed by atoms with Crippen LogP contribution in [0, 0.1) is 0 Å². The topological polar surface area (TPSA) is 99.9 Å². The number of rotatable bonds is 2. The maximum atomic E-state index is 9.75. The lowest BCUT2D eigenvalue weighted by molar-refractivity contribution is -0.135. The smallest absolute Gasteiger partial charge is 0.307 e. The molecule has 0 unspecified atom stereocenters. The van der Waals surface area contributed by atoms with Crippen LogP contribution in [0.5, 0.6) is 0 Å². The molecule has 12 heavy (non-hydrogen) atoms. The molecule has 6 nitrogen and oxygen atoms in total. The van der Waals surface area contributed by atoms with Gasteiger partial charge in [0.25, 0.3) is 0 Å². The second-order valence-corrected chi connectivity index (χ2v) is 1.47. The molecule has 0 rings (SSSR count). The highest BCUT2D eigenvalue weighted by molar-refractivity contribution is 5.74. The standard InChI is InChI=1S/C4H6O2.C2H7N3O/c1-3-6-4(2)5;1-6-5-2(3)4/h3H,1H2,2H3;1H3,(H4,3,4,5). The van der Waals surface area contributed by atoms with E-state index in [1.54, 1.807) is 0 Å². The number of esters is 1. The van der Waals surface area contributed by atoms with Gasteiger partial charge in [0.2, 0.25) is 5.96 Å². The minimum absolute atomic E-state index is 0.0579. The summed E-state index contributed by atoms with van der Waals surface area (Å²) in [7, 11) is 1.37. The zero-order valence-corrected chi connectivity index (χ0v) is 7.11. The fraction of sp³-hybridized carbons (Fsp3) is 0.333. The van der Waals surface area contributed by atoms with Gasteiger partial charge in [0.05, 0.1) is 6.26 Å². The summed E-state index contributed by atoms with van der Waals surface area (Å²) < 4.78 is 4.17. The Morgan fingerprint density at radius 2 is 2.08 bits per heavy atom. The van der Waals surface area contributed by atoms with Crippen LogP contribution >= 0.6 is 0 Å². The van der Waals surface area contributed by atoms with Gasteiger partial charge in [-0.25, -0.2) is 0 Å². The summed E-state index contributed by atoms with van der Waals surface area (Å²) in [5.41, 5.74) is 9.61. The SMILES string of the molecule is C=COC(C)=O.CON=C(N)N. The highest BCUT2D eigenvalue weighted by atomic mass is 16.6. The molecular formula is C6H13N3O3. The number of nitrogens with two attached hydrogens (primary N) is 2. The predicted octanol–water partition coefficient (Wildman–Crippen LogP) is -0.486. The molecule has 0 aliphatic carbocycles. The van der Waals surface area contributed by atoms with E-state index in [0.717, 1.165) is 6.26 Å². The van der Waals surface area contributed by atoms with Crippen LogP contribution in [-0.2, 0) is 14.4 Å². The van der Waals surface area contributed by atoms with Crippen LogP contribution in [0.3, 0.4) is 0 Å². The average Bonchev–Trinajstić information content (AvgIpc) is 1.87. The normalized spacial score (nSPS) is 6.83. The predicted molar refractivity (Wildman–Crippen MR) is 44.8 cm³/mol. The number of nitrogens with zero attached hydrogens (tertiary/aromatic N) is 1. The van der Waals surface area contributed by atoms with Crippen LogP contribution in [0.2, 0.25) is 0 Å². The quantitative estimate of drug-likeness (QED) is 0.194. The fourth-order valence-corrected chi connectivity index (χ4v) is 0.223. The van der Waals surface area contributed by atoms with Crippen molar-refractivity contribution in [2.45, 2.75) is 6.92 Å². The van der Waals surface area contributed by atoms with E-state index in [2.05, 4.69) is 21.3 Å². The molecule has 0 aliphatic heterocycles. The summed E-state index contributed by atoms with van der Waals surface area (Å²) in [4.78, 5) is 13.9. The molecule has 0 saturated carbocycles. The molecule has 0 aromatic carbocycles. The molecule has 0 spiro atoms. The van der Waals surface area contributed by atoms with Gasteiger partial charge < -0.3 is 21.0 Å². The monoisotopic (exact) mass is 175 g/mol. The lowest BCUT2D eigenvalue weighted by Gasteiger charge is -1.84.